The molecular weight excluding hydrogens is 358 g/mol. The van der Waals surface area contributed by atoms with Gasteiger partial charge >= 0.3 is 5.97 Å². The van der Waals surface area contributed by atoms with E-state index in [1.807, 2.05) is 0 Å². The highest BCUT2D eigenvalue weighted by Crippen LogP contribution is 2.18. The van der Waals surface area contributed by atoms with Crippen LogP contribution in [0.25, 0.3) is 0 Å². The molecule has 160 valence electrons. The van der Waals surface area contributed by atoms with Crippen LogP contribution in [0.3, 0.4) is 0 Å². The van der Waals surface area contributed by atoms with Gasteiger partial charge < -0.3 is 4.74 Å². The Morgan fingerprint density at radius 3 is 1.75 bits per heavy atom. The number of hydrogen-bond donors (Lipinski definition) is 0. The number of esters is 1. The summed E-state index contributed by atoms with van der Waals surface area (Å²) in [4.78, 5) is 11.9. The van der Waals surface area contributed by atoms with E-state index in [0.717, 1.165) is 25.3 Å². The van der Waals surface area contributed by atoms with E-state index in [1.54, 1.807) is 0 Å². The zero-order valence-electron chi connectivity index (χ0n) is 17.8. The lowest BCUT2D eigenvalue weighted by molar-refractivity contribution is 0.0486. The fraction of sp³-hybridized carbons (Fsp3) is 0.708. The van der Waals surface area contributed by atoms with Gasteiger partial charge in [0.15, 0.2) is 0 Å². The molecule has 1 aromatic carbocycles. The fourth-order valence-corrected chi connectivity index (χ4v) is 3.38. The van der Waals surface area contributed by atoms with Gasteiger partial charge in [0.25, 0.3) is 0 Å². The Kier molecular flexibility index (Phi) is 13.6. The molecule has 0 spiro atoms. The van der Waals surface area contributed by atoms with Gasteiger partial charge in [-0.2, -0.15) is 0 Å². The molecule has 0 N–H and O–H groups in total. The lowest BCUT2D eigenvalue weighted by Crippen LogP contribution is -2.12. The average Bonchev–Trinajstić information content (AvgIpc) is 2.68. The van der Waals surface area contributed by atoms with Gasteiger partial charge in [0.05, 0.1) is 6.61 Å². The van der Waals surface area contributed by atoms with E-state index < -0.39 is 23.2 Å². The van der Waals surface area contributed by atoms with Crippen molar-refractivity contribution in [3.63, 3.8) is 0 Å². The van der Waals surface area contributed by atoms with Gasteiger partial charge in [-0.05, 0) is 25.0 Å². The number of hydrogen-bond acceptors (Lipinski definition) is 2. The number of halogens is 2. The summed E-state index contributed by atoms with van der Waals surface area (Å²) in [7, 11) is 0. The normalized spacial score (nSPS) is 11.0. The number of carbonyl (C=O) groups excluding carboxylic acids is 1. The molecule has 0 atom stereocenters. The first-order chi connectivity index (χ1) is 13.6. The van der Waals surface area contributed by atoms with Gasteiger partial charge in [0.2, 0.25) is 0 Å². The molecule has 2 nitrogen and oxygen atoms in total. The molecule has 0 radical (unpaired) electrons. The third-order valence-electron chi connectivity index (χ3n) is 5.22. The van der Waals surface area contributed by atoms with E-state index in [-0.39, 0.29) is 12.2 Å². The first kappa shape index (κ1) is 24.6. The number of ether oxygens (including phenoxy) is 1. The summed E-state index contributed by atoms with van der Waals surface area (Å²) in [5.41, 5.74) is -0.338. The Hall–Kier alpha value is -1.45. The molecule has 0 bridgehead atoms. The molecule has 0 saturated carbocycles. The van der Waals surface area contributed by atoms with Crippen LogP contribution in [0.5, 0.6) is 0 Å². The molecule has 0 heterocycles. The number of carbonyl (C=O) groups is 1. The summed E-state index contributed by atoms with van der Waals surface area (Å²) in [6, 6.07) is 2.41. The third-order valence-corrected chi connectivity index (χ3v) is 5.22. The van der Waals surface area contributed by atoms with Gasteiger partial charge in [-0.25, -0.2) is 13.6 Å². The Bertz CT molecular complexity index is 558. The van der Waals surface area contributed by atoms with E-state index in [9.17, 15) is 13.6 Å². The predicted octanol–water partition coefficient (Wildman–Crippen LogP) is 7.91. The topological polar surface area (TPSA) is 26.3 Å². The van der Waals surface area contributed by atoms with Gasteiger partial charge in [-0.1, -0.05) is 96.5 Å². The first-order valence-electron chi connectivity index (χ1n) is 11.2. The van der Waals surface area contributed by atoms with E-state index in [0.29, 0.717) is 0 Å². The van der Waals surface area contributed by atoms with Gasteiger partial charge in [0, 0.05) is 0 Å². The highest BCUT2D eigenvalue weighted by atomic mass is 19.1. The minimum absolute atomic E-state index is 0.212. The molecule has 1 rings (SSSR count). The Morgan fingerprint density at radius 2 is 1.25 bits per heavy atom. The summed E-state index contributed by atoms with van der Waals surface area (Å²) < 4.78 is 32.5. The van der Waals surface area contributed by atoms with Crippen LogP contribution < -0.4 is 0 Å². The van der Waals surface area contributed by atoms with Gasteiger partial charge in [-0.3, -0.25) is 0 Å². The summed E-state index contributed by atoms with van der Waals surface area (Å²) in [6.07, 6.45) is 17.5. The maximum Gasteiger partial charge on any atom is 0.344 e. The molecule has 0 aliphatic heterocycles. The van der Waals surface area contributed by atoms with Crippen LogP contribution in [-0.2, 0) is 4.74 Å². The molecule has 0 unspecified atom stereocenters. The quantitative estimate of drug-likeness (QED) is 0.209. The van der Waals surface area contributed by atoms with Crippen LogP contribution in [-0.4, -0.2) is 12.6 Å². The largest absolute Gasteiger partial charge is 0.462 e. The van der Waals surface area contributed by atoms with Crippen LogP contribution in [0.15, 0.2) is 12.1 Å². The maximum absolute atomic E-state index is 13.9. The number of rotatable bonds is 16. The Balaban J connectivity index is 1.96. The van der Waals surface area contributed by atoms with Crippen LogP contribution in [0, 0.1) is 18.6 Å². The molecule has 0 amide bonds. The minimum atomic E-state index is -0.909. The van der Waals surface area contributed by atoms with Gasteiger partial charge in [-0.15, -0.1) is 0 Å². The number of benzene rings is 1. The molecule has 1 aromatic rings. The smallest absolute Gasteiger partial charge is 0.344 e. The second kappa shape index (κ2) is 15.5. The standard InChI is InChI=1S/C24H38F2O2/c1-3-4-5-6-7-8-9-10-11-12-13-14-15-16-19-28-24(27)22-21(25)18-17-20(2)23(22)26/h17-18H,3-16,19H2,1-2H3. The molecule has 0 aromatic heterocycles. The second-order valence-electron chi connectivity index (χ2n) is 7.79. The molecule has 0 fully saturated rings. The SMILES string of the molecule is CCCCCCCCCCCCCCCCOC(=O)c1c(F)ccc(C)c1F. The minimum Gasteiger partial charge on any atom is -0.462 e. The summed E-state index contributed by atoms with van der Waals surface area (Å²) >= 11 is 0. The molecule has 0 aliphatic rings. The molecule has 0 saturated heterocycles. The zero-order valence-corrected chi connectivity index (χ0v) is 17.8. The van der Waals surface area contributed by atoms with Crippen LogP contribution in [0.2, 0.25) is 0 Å². The highest BCUT2D eigenvalue weighted by Gasteiger charge is 2.20. The predicted molar refractivity (Wildman–Crippen MR) is 112 cm³/mol. The molecular formula is C24H38F2O2. The Morgan fingerprint density at radius 1 is 0.786 bits per heavy atom. The van der Waals surface area contributed by atoms with E-state index in [2.05, 4.69) is 6.92 Å². The van der Waals surface area contributed by atoms with Crippen molar-refractivity contribution in [3.05, 3.63) is 34.9 Å². The van der Waals surface area contributed by atoms with Gasteiger partial charge in [0.1, 0.15) is 17.2 Å². The van der Waals surface area contributed by atoms with Crippen molar-refractivity contribution in [2.45, 2.75) is 104 Å². The Labute approximate surface area is 170 Å². The van der Waals surface area contributed by atoms with Crippen molar-refractivity contribution < 1.29 is 18.3 Å². The molecule has 28 heavy (non-hydrogen) atoms. The van der Waals surface area contributed by atoms with Crippen LogP contribution in [0.4, 0.5) is 8.78 Å². The maximum atomic E-state index is 13.9. The summed E-state index contributed by atoms with van der Waals surface area (Å²) in [5, 5.41) is 0. The van der Waals surface area contributed by atoms with Crippen molar-refractivity contribution in [1.29, 1.82) is 0 Å². The van der Waals surface area contributed by atoms with E-state index in [4.69, 9.17) is 4.74 Å². The summed E-state index contributed by atoms with van der Waals surface area (Å²) in [6.45, 7) is 3.96. The first-order valence-corrected chi connectivity index (χ1v) is 11.2. The molecule has 0 aliphatic carbocycles. The van der Waals surface area contributed by atoms with Crippen LogP contribution in [0.1, 0.15) is 113 Å². The second-order valence-corrected chi connectivity index (χ2v) is 7.79. The fourth-order valence-electron chi connectivity index (χ4n) is 3.38. The van der Waals surface area contributed by atoms with Crippen molar-refractivity contribution in [2.24, 2.45) is 0 Å². The number of unbranched alkanes of at least 4 members (excludes halogenated alkanes) is 13. The lowest BCUT2D eigenvalue weighted by atomic mass is 10.0. The highest BCUT2D eigenvalue weighted by molar-refractivity contribution is 5.90. The zero-order chi connectivity index (χ0) is 20.6. The van der Waals surface area contributed by atoms with Crippen molar-refractivity contribution in [2.75, 3.05) is 6.61 Å². The van der Waals surface area contributed by atoms with E-state index >= 15 is 0 Å². The average molecular weight is 397 g/mol. The van der Waals surface area contributed by atoms with Crippen molar-refractivity contribution >= 4 is 5.97 Å². The van der Waals surface area contributed by atoms with Crippen molar-refractivity contribution in [3.8, 4) is 0 Å². The lowest BCUT2D eigenvalue weighted by Gasteiger charge is -2.08. The monoisotopic (exact) mass is 396 g/mol. The third kappa shape index (κ3) is 10.2. The molecule has 4 heteroatoms. The number of aryl methyl sites for hydroxylation is 1. The van der Waals surface area contributed by atoms with E-state index in [1.165, 1.54) is 83.6 Å². The van der Waals surface area contributed by atoms with Crippen molar-refractivity contribution in [1.82, 2.24) is 0 Å². The van der Waals surface area contributed by atoms with Crippen LogP contribution >= 0.6 is 0 Å². The summed E-state index contributed by atoms with van der Waals surface area (Å²) in [5.74, 6) is -2.60.